The SMILES string of the molecule is CCCC1CCC(c2ccc(Oc3ccc(N)cc3)c(C)c2)(c2ccc(Oc3ccc(N)cc3)c(C)c2)CC1. The number of nitrogen functional groups attached to an aromatic ring is 2. The van der Waals surface area contributed by atoms with Crippen molar-refractivity contribution in [3.8, 4) is 23.0 Å². The van der Waals surface area contributed by atoms with Crippen molar-refractivity contribution in [3.05, 3.63) is 107 Å². The topological polar surface area (TPSA) is 70.5 Å². The molecule has 4 N–H and O–H groups in total. The minimum absolute atomic E-state index is 0.0286. The number of hydrogen-bond acceptors (Lipinski definition) is 4. The van der Waals surface area contributed by atoms with Gasteiger partial charge in [-0.05, 0) is 128 Å². The van der Waals surface area contributed by atoms with Crippen molar-refractivity contribution in [2.24, 2.45) is 5.92 Å². The van der Waals surface area contributed by atoms with Gasteiger partial charge in [0.15, 0.2) is 0 Å². The first-order valence-corrected chi connectivity index (χ1v) is 14.2. The number of anilines is 2. The van der Waals surface area contributed by atoms with Gasteiger partial charge in [-0.15, -0.1) is 0 Å². The molecule has 0 heterocycles. The van der Waals surface area contributed by atoms with Crippen LogP contribution in [0.4, 0.5) is 11.4 Å². The first-order valence-electron chi connectivity index (χ1n) is 14.2. The summed E-state index contributed by atoms with van der Waals surface area (Å²) < 4.78 is 12.4. The second-order valence-electron chi connectivity index (χ2n) is 11.1. The first-order chi connectivity index (χ1) is 18.9. The molecule has 4 nitrogen and oxygen atoms in total. The summed E-state index contributed by atoms with van der Waals surface area (Å²) in [6.45, 7) is 6.58. The maximum atomic E-state index is 6.21. The molecule has 0 bridgehead atoms. The highest BCUT2D eigenvalue weighted by Gasteiger charge is 2.38. The van der Waals surface area contributed by atoms with Crippen molar-refractivity contribution in [2.75, 3.05) is 11.5 Å². The van der Waals surface area contributed by atoms with Crippen molar-refractivity contribution in [1.29, 1.82) is 0 Å². The van der Waals surface area contributed by atoms with Crippen LogP contribution in [0, 0.1) is 19.8 Å². The summed E-state index contributed by atoms with van der Waals surface area (Å²) in [6, 6.07) is 28.6. The Labute approximate surface area is 233 Å². The maximum absolute atomic E-state index is 6.21. The zero-order valence-corrected chi connectivity index (χ0v) is 23.4. The average Bonchev–Trinajstić information content (AvgIpc) is 2.94. The van der Waals surface area contributed by atoms with E-state index in [0.717, 1.165) is 64.3 Å². The summed E-state index contributed by atoms with van der Waals surface area (Å²) in [5.74, 6) is 4.15. The molecular weight excluding hydrogens is 480 g/mol. The summed E-state index contributed by atoms with van der Waals surface area (Å²) in [6.07, 6.45) is 7.36. The lowest BCUT2D eigenvalue weighted by Crippen LogP contribution is -2.33. The van der Waals surface area contributed by atoms with Gasteiger partial charge in [0, 0.05) is 16.8 Å². The third-order valence-corrected chi connectivity index (χ3v) is 8.33. The molecule has 4 heteroatoms. The minimum Gasteiger partial charge on any atom is -0.457 e. The Hall–Kier alpha value is -3.92. The van der Waals surface area contributed by atoms with Crippen molar-refractivity contribution >= 4 is 11.4 Å². The zero-order valence-electron chi connectivity index (χ0n) is 23.4. The van der Waals surface area contributed by atoms with Gasteiger partial charge in [-0.3, -0.25) is 0 Å². The Morgan fingerprint density at radius 2 is 1.10 bits per heavy atom. The molecular formula is C35H40N2O2. The molecule has 0 aliphatic heterocycles. The Kier molecular flexibility index (Phi) is 7.83. The van der Waals surface area contributed by atoms with Crippen LogP contribution in [0.5, 0.6) is 23.0 Å². The molecule has 1 aliphatic carbocycles. The van der Waals surface area contributed by atoms with Crippen LogP contribution in [0.15, 0.2) is 84.9 Å². The van der Waals surface area contributed by atoms with Crippen LogP contribution in [0.2, 0.25) is 0 Å². The molecule has 0 radical (unpaired) electrons. The Morgan fingerprint density at radius 3 is 1.49 bits per heavy atom. The molecule has 5 rings (SSSR count). The molecule has 0 unspecified atom stereocenters. The number of ether oxygens (including phenoxy) is 2. The van der Waals surface area contributed by atoms with Crippen LogP contribution >= 0.6 is 0 Å². The van der Waals surface area contributed by atoms with E-state index in [2.05, 4.69) is 57.2 Å². The monoisotopic (exact) mass is 520 g/mol. The van der Waals surface area contributed by atoms with Gasteiger partial charge < -0.3 is 20.9 Å². The van der Waals surface area contributed by atoms with E-state index in [4.69, 9.17) is 20.9 Å². The van der Waals surface area contributed by atoms with E-state index in [0.29, 0.717) is 0 Å². The van der Waals surface area contributed by atoms with E-state index in [1.165, 1.54) is 36.8 Å². The lowest BCUT2D eigenvalue weighted by Gasteiger charge is -2.42. The average molecular weight is 521 g/mol. The largest absolute Gasteiger partial charge is 0.457 e. The van der Waals surface area contributed by atoms with Crippen molar-refractivity contribution in [2.45, 2.75) is 64.7 Å². The number of hydrogen-bond donors (Lipinski definition) is 2. The summed E-state index contributed by atoms with van der Waals surface area (Å²) in [4.78, 5) is 0. The number of benzene rings is 4. The highest BCUT2D eigenvalue weighted by atomic mass is 16.5. The second-order valence-corrected chi connectivity index (χ2v) is 11.1. The first kappa shape index (κ1) is 26.7. The van der Waals surface area contributed by atoms with Crippen LogP contribution in [0.1, 0.15) is 67.7 Å². The van der Waals surface area contributed by atoms with Crippen molar-refractivity contribution < 1.29 is 9.47 Å². The molecule has 1 aliphatic rings. The fourth-order valence-electron chi connectivity index (χ4n) is 6.06. The van der Waals surface area contributed by atoms with Crippen molar-refractivity contribution in [3.63, 3.8) is 0 Å². The highest BCUT2D eigenvalue weighted by molar-refractivity contribution is 5.51. The van der Waals surface area contributed by atoms with Crippen LogP contribution in [-0.4, -0.2) is 0 Å². The lowest BCUT2D eigenvalue weighted by molar-refractivity contribution is 0.253. The predicted octanol–water partition coefficient (Wildman–Crippen LogP) is 9.33. The van der Waals surface area contributed by atoms with Gasteiger partial charge in [0.2, 0.25) is 0 Å². The van der Waals surface area contributed by atoms with Gasteiger partial charge in [0.05, 0.1) is 0 Å². The van der Waals surface area contributed by atoms with Crippen LogP contribution in [0.3, 0.4) is 0 Å². The van der Waals surface area contributed by atoms with Crippen LogP contribution < -0.4 is 20.9 Å². The third kappa shape index (κ3) is 5.90. The van der Waals surface area contributed by atoms with Gasteiger partial charge in [-0.1, -0.05) is 44.0 Å². The molecule has 0 aromatic heterocycles. The fraction of sp³-hybridized carbons (Fsp3) is 0.314. The summed E-state index contributed by atoms with van der Waals surface area (Å²) >= 11 is 0. The summed E-state index contributed by atoms with van der Waals surface area (Å²) in [5, 5.41) is 0. The lowest BCUT2D eigenvalue weighted by atomic mass is 9.62. The summed E-state index contributed by atoms with van der Waals surface area (Å²) in [5.41, 5.74) is 18.1. The molecule has 4 aromatic carbocycles. The number of nitrogens with two attached hydrogens (primary N) is 2. The molecule has 1 saturated carbocycles. The molecule has 4 aromatic rings. The van der Waals surface area contributed by atoms with Gasteiger partial charge in [-0.2, -0.15) is 0 Å². The minimum atomic E-state index is -0.0286. The molecule has 39 heavy (non-hydrogen) atoms. The van der Waals surface area contributed by atoms with E-state index >= 15 is 0 Å². The molecule has 202 valence electrons. The molecule has 1 fully saturated rings. The predicted molar refractivity (Wildman–Crippen MR) is 162 cm³/mol. The fourth-order valence-corrected chi connectivity index (χ4v) is 6.06. The molecule has 0 saturated heterocycles. The van der Waals surface area contributed by atoms with E-state index < -0.39 is 0 Å². The van der Waals surface area contributed by atoms with E-state index in [-0.39, 0.29) is 5.41 Å². The Balaban J connectivity index is 1.46. The molecule has 0 atom stereocenters. The third-order valence-electron chi connectivity index (χ3n) is 8.33. The quantitative estimate of drug-likeness (QED) is 0.227. The smallest absolute Gasteiger partial charge is 0.130 e. The van der Waals surface area contributed by atoms with Gasteiger partial charge in [-0.25, -0.2) is 0 Å². The zero-order chi connectivity index (χ0) is 27.4. The van der Waals surface area contributed by atoms with E-state index in [1.54, 1.807) is 0 Å². The Morgan fingerprint density at radius 1 is 0.667 bits per heavy atom. The molecule has 0 spiro atoms. The van der Waals surface area contributed by atoms with E-state index in [1.807, 2.05) is 48.5 Å². The summed E-state index contributed by atoms with van der Waals surface area (Å²) in [7, 11) is 0. The normalized spacial score (nSPS) is 15.2. The maximum Gasteiger partial charge on any atom is 0.130 e. The van der Waals surface area contributed by atoms with Crippen LogP contribution in [0.25, 0.3) is 0 Å². The number of rotatable bonds is 8. The molecule has 0 amide bonds. The van der Waals surface area contributed by atoms with Gasteiger partial charge >= 0.3 is 0 Å². The highest BCUT2D eigenvalue weighted by Crippen LogP contribution is 2.49. The van der Waals surface area contributed by atoms with Gasteiger partial charge in [0.25, 0.3) is 0 Å². The van der Waals surface area contributed by atoms with Crippen molar-refractivity contribution in [1.82, 2.24) is 0 Å². The second kappa shape index (κ2) is 11.4. The van der Waals surface area contributed by atoms with E-state index in [9.17, 15) is 0 Å². The number of aryl methyl sites for hydroxylation is 2. The van der Waals surface area contributed by atoms with Crippen LogP contribution in [-0.2, 0) is 5.41 Å². The van der Waals surface area contributed by atoms with Gasteiger partial charge in [0.1, 0.15) is 23.0 Å². The Bertz CT molecular complexity index is 1300. The standard InChI is InChI=1S/C35H40N2O2/c1-4-5-26-18-20-35(21-19-26,27-6-16-33(24(2)22-27)38-31-12-8-29(36)9-13-31)28-7-17-34(25(3)23-28)39-32-14-10-30(37)11-15-32/h6-17,22-23,26H,4-5,18-21,36-37H2,1-3H3.